The van der Waals surface area contributed by atoms with E-state index in [1.54, 1.807) is 63.2 Å². The van der Waals surface area contributed by atoms with Crippen LogP contribution in [0.1, 0.15) is 99.8 Å². The highest BCUT2D eigenvalue weighted by Crippen LogP contribution is 2.38. The molecule has 0 bridgehead atoms. The van der Waals surface area contributed by atoms with Crippen LogP contribution in [0.15, 0.2) is 90.1 Å². The Hall–Kier alpha value is -6.20. The van der Waals surface area contributed by atoms with E-state index in [0.29, 0.717) is 108 Å². The second-order valence-electron chi connectivity index (χ2n) is 22.9. The van der Waals surface area contributed by atoms with Gasteiger partial charge >= 0.3 is 7.12 Å². The minimum absolute atomic E-state index is 0.0144. The van der Waals surface area contributed by atoms with Gasteiger partial charge < -0.3 is 36.7 Å². The third kappa shape index (κ3) is 17.4. The standard InChI is InChI=1S/C21H19Cl2N5O2.C13H12Cl2N4O.C12H11Cl2N5O.C11H14BCl2NO2.C5H2BrCl2N/c1-12-2-4-13(5-3-12)8-17(29)27-6-7-28-16(11-27)18(21(24)30)19(26-28)14-9-15(22)20(23)25-10-14;14-8-5-7(6-17-12(8)15)11-10(13(16)20)9-3-1-2-4-19(9)18-11;13-7-3-6(4-17-11(7)14)10-9(12(15)20)8-5-16-1-2-19(8)18-10;1-10(2)11(3,4)17-12(16-10)7-5-8(13)9(14)15-6-7;6-3-1-4(7)5(8)9-2-3/h2-5,9-10H,6-8,11H2,1H3,(H2,24,30);5-6H,1-4H2,(H2,16,20);3-4,16H,1-2,5H2,(H2,15,20);5-6H,1-4H3;1-2H. The predicted molar refractivity (Wildman–Crippen MR) is 379 cm³/mol. The van der Waals surface area contributed by atoms with Crippen molar-refractivity contribution in [3.8, 4) is 33.8 Å². The third-order valence-electron chi connectivity index (χ3n) is 15.8. The topological polar surface area (TPSA) is 298 Å². The second-order valence-corrected chi connectivity index (χ2v) is 27.7. The van der Waals surface area contributed by atoms with Crippen molar-refractivity contribution in [3.05, 3.63) is 186 Å². The molecule has 0 aliphatic carbocycles. The van der Waals surface area contributed by atoms with Crippen LogP contribution < -0.4 is 28.0 Å². The highest BCUT2D eigenvalue weighted by atomic mass is 79.9. The molecule has 22 nitrogen and oxygen atoms in total. The van der Waals surface area contributed by atoms with Crippen LogP contribution in [-0.2, 0) is 59.7 Å². The zero-order chi connectivity index (χ0) is 69.7. The zero-order valence-electron chi connectivity index (χ0n) is 51.6. The molecule has 9 aromatic rings. The summed E-state index contributed by atoms with van der Waals surface area (Å²) in [7, 11) is -0.456. The van der Waals surface area contributed by atoms with Gasteiger partial charge in [-0.2, -0.15) is 15.3 Å². The Bertz CT molecular complexity index is 4310. The maximum absolute atomic E-state index is 12.8. The monoisotopic (exact) mass is 1560 g/mol. The minimum atomic E-state index is -0.620. The fourth-order valence-electron chi connectivity index (χ4n) is 10.2. The molecule has 0 spiro atoms. The first-order chi connectivity index (χ1) is 45.4. The van der Waals surface area contributed by atoms with Crippen LogP contribution in [0.5, 0.6) is 0 Å². The number of rotatable bonds is 9. The SMILES string of the molecule is CC1(C)OB(c2cnc(Cl)c(Cl)c2)OC1(C)C.Cc1ccc(CC(=O)N2CCn3nc(-c4cnc(Cl)c(Cl)c4)c(C(N)=O)c3C2)cc1.Clc1cc(Br)cnc1Cl.NC(=O)c1c(-c2cnc(Cl)c(Cl)c2)nn2c1CCCC2.NC(=O)c1c(-c2cnc(Cl)c(Cl)c2)nn2c1CNCC2. The van der Waals surface area contributed by atoms with E-state index in [-0.39, 0.29) is 54.9 Å². The minimum Gasteiger partial charge on any atom is -0.399 e. The van der Waals surface area contributed by atoms with Crippen molar-refractivity contribution in [1.29, 1.82) is 0 Å². The number of halogens is 11. The van der Waals surface area contributed by atoms with E-state index >= 15 is 0 Å². The first-order valence-corrected chi connectivity index (χ1v) is 33.8. The number of aromatic nitrogens is 11. The smallest absolute Gasteiger partial charge is 0.399 e. The molecule has 4 amide bonds. The van der Waals surface area contributed by atoms with Gasteiger partial charge in [-0.1, -0.05) is 146 Å². The molecule has 0 atom stereocenters. The van der Waals surface area contributed by atoms with E-state index in [0.717, 1.165) is 64.8 Å². The zero-order valence-corrected chi connectivity index (χ0v) is 60.8. The molecule has 96 heavy (non-hydrogen) atoms. The molecule has 1 saturated heterocycles. The molecule has 7 N–H and O–H groups in total. The first kappa shape index (κ1) is 74.0. The number of fused-ring (bicyclic) bond motifs is 3. The van der Waals surface area contributed by atoms with Gasteiger partial charge in [-0.15, -0.1) is 0 Å². The van der Waals surface area contributed by atoms with Gasteiger partial charge in [-0.3, -0.25) is 33.2 Å². The quantitative estimate of drug-likeness (QED) is 0.0771. The number of amides is 4. The molecular formula is C62H58BBrCl10N16O6. The Morgan fingerprint density at radius 2 is 0.969 bits per heavy atom. The van der Waals surface area contributed by atoms with Gasteiger partial charge in [0.2, 0.25) is 5.91 Å². The van der Waals surface area contributed by atoms with Gasteiger partial charge in [-0.25, -0.2) is 24.9 Å². The summed E-state index contributed by atoms with van der Waals surface area (Å²) in [5.74, 6) is -1.63. The van der Waals surface area contributed by atoms with Crippen LogP contribution in [0.4, 0.5) is 0 Å². The van der Waals surface area contributed by atoms with Crippen LogP contribution >= 0.6 is 132 Å². The van der Waals surface area contributed by atoms with Crippen LogP contribution in [0.25, 0.3) is 33.8 Å². The molecule has 1 aromatic carbocycles. The highest BCUT2D eigenvalue weighted by molar-refractivity contribution is 9.10. The summed E-state index contributed by atoms with van der Waals surface area (Å²) in [6, 6.07) is 16.2. The van der Waals surface area contributed by atoms with Gasteiger partial charge in [0.25, 0.3) is 17.7 Å². The van der Waals surface area contributed by atoms with E-state index < -0.39 is 24.8 Å². The number of nitrogens with zero attached hydrogens (tertiary/aromatic N) is 12. The molecule has 4 aliphatic rings. The number of primary amides is 3. The van der Waals surface area contributed by atoms with Crippen LogP contribution in [0, 0.1) is 6.92 Å². The number of pyridine rings is 5. The van der Waals surface area contributed by atoms with E-state index in [9.17, 15) is 19.2 Å². The molecule has 502 valence electrons. The van der Waals surface area contributed by atoms with Crippen molar-refractivity contribution < 1.29 is 28.5 Å². The molecule has 1 fully saturated rings. The summed E-state index contributed by atoms with van der Waals surface area (Å²) in [5.41, 5.74) is 25.4. The molecule has 0 unspecified atom stereocenters. The summed E-state index contributed by atoms with van der Waals surface area (Å²) >= 11 is 61.5. The van der Waals surface area contributed by atoms with Gasteiger partial charge in [-0.05, 0) is 106 Å². The molecule has 13 rings (SSSR count). The van der Waals surface area contributed by atoms with E-state index in [4.69, 9.17) is 143 Å². The molecule has 4 aliphatic heterocycles. The molecule has 0 saturated carbocycles. The van der Waals surface area contributed by atoms with Gasteiger partial charge in [0, 0.05) is 83.8 Å². The summed E-state index contributed by atoms with van der Waals surface area (Å²) in [6.07, 6.45) is 11.0. The molecular weight excluding hydrogens is 1510 g/mol. The lowest BCUT2D eigenvalue weighted by atomic mass is 9.80. The number of carbonyl (C=O) groups excluding carboxylic acids is 4. The lowest BCUT2D eigenvalue weighted by molar-refractivity contribution is -0.132. The van der Waals surface area contributed by atoms with Gasteiger partial charge in [0.15, 0.2) is 0 Å². The Kier molecular flexibility index (Phi) is 24.5. The number of hydrogen-bond donors (Lipinski definition) is 4. The van der Waals surface area contributed by atoms with E-state index in [1.807, 2.05) is 63.6 Å². The van der Waals surface area contributed by atoms with Crippen molar-refractivity contribution in [1.82, 2.24) is 64.5 Å². The molecule has 34 heteroatoms. The number of carbonyl (C=O) groups is 4. The van der Waals surface area contributed by atoms with Crippen LogP contribution in [0.3, 0.4) is 0 Å². The molecule has 0 radical (unpaired) electrons. The Labute approximate surface area is 610 Å². The maximum Gasteiger partial charge on any atom is 0.496 e. The molecule has 8 aromatic heterocycles. The second kappa shape index (κ2) is 31.8. The third-order valence-corrected chi connectivity index (χ3v) is 19.7. The number of nitrogens with two attached hydrogens (primary N) is 3. The molecule has 12 heterocycles. The van der Waals surface area contributed by atoms with E-state index in [1.165, 1.54) is 12.4 Å². The fourth-order valence-corrected chi connectivity index (χ4v) is 12.1. The lowest BCUT2D eigenvalue weighted by Gasteiger charge is -2.32. The van der Waals surface area contributed by atoms with Crippen molar-refractivity contribution in [2.75, 3.05) is 13.1 Å². The van der Waals surface area contributed by atoms with Crippen LogP contribution in [0.2, 0.25) is 50.9 Å². The largest absolute Gasteiger partial charge is 0.496 e. The normalized spacial score (nSPS) is 14.8. The first-order valence-electron chi connectivity index (χ1n) is 29.2. The lowest BCUT2D eigenvalue weighted by Crippen LogP contribution is -2.41. The van der Waals surface area contributed by atoms with Crippen molar-refractivity contribution in [3.63, 3.8) is 0 Å². The summed E-state index contributed by atoms with van der Waals surface area (Å²) in [6.45, 7) is 14.0. The average molecular weight is 1570 g/mol. The number of nitrogens with one attached hydrogen (secondary N) is 1. The highest BCUT2D eigenvalue weighted by Gasteiger charge is 2.52. The Balaban J connectivity index is 0.000000147. The number of hydrogen-bond acceptors (Lipinski definition) is 15. The average Bonchev–Trinajstić information content (AvgIpc) is 1.64. The number of benzene rings is 1. The van der Waals surface area contributed by atoms with Crippen LogP contribution in [-0.4, -0.2) is 114 Å². The summed E-state index contributed by atoms with van der Waals surface area (Å²) < 4.78 is 17.9. The Morgan fingerprint density at radius 3 is 1.43 bits per heavy atom. The summed E-state index contributed by atoms with van der Waals surface area (Å²) in [4.78, 5) is 70.1. The van der Waals surface area contributed by atoms with Crippen molar-refractivity contribution in [2.45, 2.75) is 104 Å². The van der Waals surface area contributed by atoms with Crippen molar-refractivity contribution >= 4 is 168 Å². The van der Waals surface area contributed by atoms with Crippen molar-refractivity contribution in [2.24, 2.45) is 17.2 Å². The van der Waals surface area contributed by atoms with E-state index in [2.05, 4.69) is 61.5 Å². The maximum atomic E-state index is 12.8. The fraction of sp³-hybridized carbons (Fsp3) is 0.290. The Morgan fingerprint density at radius 1 is 0.542 bits per heavy atom. The van der Waals surface area contributed by atoms with Gasteiger partial charge in [0.05, 0.1) is 96.1 Å². The predicted octanol–water partition coefficient (Wildman–Crippen LogP) is 13.2. The summed E-state index contributed by atoms with van der Waals surface area (Å²) in [5, 5.41) is 19.6. The number of aryl methyl sites for hydroxylation is 2. The van der Waals surface area contributed by atoms with Gasteiger partial charge in [0.1, 0.15) is 42.8 Å².